The first kappa shape index (κ1) is 18.3. The van der Waals surface area contributed by atoms with E-state index in [0.29, 0.717) is 12.1 Å². The molecule has 0 unspecified atom stereocenters. The number of thiazole rings is 1. The second-order valence-corrected chi connectivity index (χ2v) is 5.57. The van der Waals surface area contributed by atoms with Gasteiger partial charge in [-0.1, -0.05) is 22.9 Å². The average Bonchev–Trinajstić information content (AvgIpc) is 2.84. The molecule has 2 aromatic rings. The van der Waals surface area contributed by atoms with Crippen molar-refractivity contribution in [2.24, 2.45) is 0 Å². The Morgan fingerprint density at radius 3 is 2.25 bits per heavy atom. The fraction of sp³-hybridized carbons (Fsp3) is 0.167. The van der Waals surface area contributed by atoms with Crippen LogP contribution in [-0.2, 0) is 12.4 Å². The number of carboxylic acids is 1. The van der Waals surface area contributed by atoms with Crippen molar-refractivity contribution in [1.29, 1.82) is 0 Å². The summed E-state index contributed by atoms with van der Waals surface area (Å²) in [6.45, 7) is 0. The summed E-state index contributed by atoms with van der Waals surface area (Å²) in [5.41, 5.74) is -2.86. The fourth-order valence-corrected chi connectivity index (χ4v) is 2.48. The molecule has 1 aromatic carbocycles. The van der Waals surface area contributed by atoms with Crippen LogP contribution in [0.5, 0.6) is 10.9 Å². The van der Waals surface area contributed by atoms with Crippen LogP contribution >= 0.6 is 22.9 Å². The van der Waals surface area contributed by atoms with Crippen LogP contribution in [-0.4, -0.2) is 16.1 Å². The van der Waals surface area contributed by atoms with E-state index in [9.17, 15) is 31.1 Å². The van der Waals surface area contributed by atoms with Crippen LogP contribution in [0, 0.1) is 0 Å². The number of carboxylic acid groups (broad SMARTS) is 1. The van der Waals surface area contributed by atoms with E-state index in [2.05, 4.69) is 4.98 Å². The number of benzene rings is 1. The smallest absolute Gasteiger partial charge is 0.435 e. The molecule has 0 spiro atoms. The Morgan fingerprint density at radius 2 is 1.79 bits per heavy atom. The van der Waals surface area contributed by atoms with Crippen LogP contribution in [0.2, 0.25) is 5.02 Å². The summed E-state index contributed by atoms with van der Waals surface area (Å²) in [6.07, 6.45) is -9.79. The SMILES string of the molecule is O=C(O)c1sc(Oc2cc(C(F)(F)F)ccc2Cl)nc1C(F)(F)F. The van der Waals surface area contributed by atoms with Crippen LogP contribution in [0.15, 0.2) is 18.2 Å². The predicted octanol–water partition coefficient (Wildman–Crippen LogP) is 5.32. The van der Waals surface area contributed by atoms with Gasteiger partial charge in [0, 0.05) is 0 Å². The maximum absolute atomic E-state index is 12.7. The zero-order chi connectivity index (χ0) is 18.3. The Morgan fingerprint density at radius 1 is 1.17 bits per heavy atom. The standard InChI is InChI=1S/C12H4ClF6NO3S/c13-5-2-1-4(11(14,15)16)3-6(5)23-10-20-8(12(17,18)19)7(24-10)9(21)22/h1-3H,(H,21,22). The minimum atomic E-state index is -5.07. The van der Waals surface area contributed by atoms with Gasteiger partial charge in [-0.25, -0.2) is 4.79 Å². The maximum Gasteiger partial charge on any atom is 0.435 e. The third kappa shape index (κ3) is 3.90. The van der Waals surface area contributed by atoms with E-state index in [1.807, 2.05) is 0 Å². The number of aromatic nitrogens is 1. The molecule has 1 heterocycles. The molecule has 0 aliphatic rings. The normalized spacial score (nSPS) is 12.3. The van der Waals surface area contributed by atoms with E-state index >= 15 is 0 Å². The van der Waals surface area contributed by atoms with Crippen molar-refractivity contribution in [2.75, 3.05) is 0 Å². The van der Waals surface area contributed by atoms with Crippen molar-refractivity contribution >= 4 is 28.9 Å². The summed E-state index contributed by atoms with van der Waals surface area (Å²) < 4.78 is 80.8. The topological polar surface area (TPSA) is 59.4 Å². The third-order valence-corrected chi connectivity index (χ3v) is 3.76. The zero-order valence-electron chi connectivity index (χ0n) is 11.0. The summed E-state index contributed by atoms with van der Waals surface area (Å²) in [5, 5.41) is 7.63. The Balaban J connectivity index is 2.44. The Bertz CT molecular complexity index is 786. The van der Waals surface area contributed by atoms with Crippen LogP contribution < -0.4 is 4.74 Å². The average molecular weight is 392 g/mol. The molecule has 0 saturated heterocycles. The number of nitrogens with zero attached hydrogens (tertiary/aromatic N) is 1. The molecule has 0 bridgehead atoms. The van der Waals surface area contributed by atoms with Gasteiger partial charge >= 0.3 is 18.3 Å². The van der Waals surface area contributed by atoms with Crippen molar-refractivity contribution in [3.8, 4) is 10.9 Å². The molecule has 1 N–H and O–H groups in total. The number of carbonyl (C=O) groups is 1. The molecule has 0 atom stereocenters. The van der Waals surface area contributed by atoms with Crippen molar-refractivity contribution in [2.45, 2.75) is 12.4 Å². The minimum Gasteiger partial charge on any atom is -0.477 e. The van der Waals surface area contributed by atoms with Gasteiger partial charge < -0.3 is 9.84 Å². The molecule has 4 nitrogen and oxygen atoms in total. The summed E-state index contributed by atoms with van der Waals surface area (Å²) in [7, 11) is 0. The van der Waals surface area contributed by atoms with E-state index in [0.717, 1.165) is 6.07 Å². The van der Waals surface area contributed by atoms with Gasteiger partial charge in [0.05, 0.1) is 10.6 Å². The lowest BCUT2D eigenvalue weighted by Crippen LogP contribution is -2.11. The molecular formula is C12H4ClF6NO3S. The number of rotatable bonds is 3. The fourth-order valence-electron chi connectivity index (χ4n) is 1.53. The number of hydrogen-bond donors (Lipinski definition) is 1. The number of aromatic carboxylic acids is 1. The van der Waals surface area contributed by atoms with Crippen LogP contribution in [0.3, 0.4) is 0 Å². The lowest BCUT2D eigenvalue weighted by atomic mass is 10.2. The van der Waals surface area contributed by atoms with E-state index in [1.165, 1.54) is 0 Å². The van der Waals surface area contributed by atoms with Gasteiger partial charge in [0.25, 0.3) is 5.19 Å². The van der Waals surface area contributed by atoms with Crippen LogP contribution in [0.1, 0.15) is 20.9 Å². The van der Waals surface area contributed by atoms with Gasteiger partial charge in [0.15, 0.2) is 5.69 Å². The summed E-state index contributed by atoms with van der Waals surface area (Å²) in [4.78, 5) is 12.7. The van der Waals surface area contributed by atoms with Crippen molar-refractivity contribution in [1.82, 2.24) is 4.98 Å². The molecule has 12 heteroatoms. The molecule has 0 radical (unpaired) electrons. The summed E-state index contributed by atoms with van der Waals surface area (Å²) in [5.74, 6) is -2.50. The number of ether oxygens (including phenoxy) is 1. The molecule has 130 valence electrons. The number of halogens is 7. The molecule has 0 amide bonds. The Kier molecular flexibility index (Phi) is 4.68. The highest BCUT2D eigenvalue weighted by atomic mass is 35.5. The number of hydrogen-bond acceptors (Lipinski definition) is 4. The van der Waals surface area contributed by atoms with Crippen LogP contribution in [0.4, 0.5) is 26.3 Å². The molecular weight excluding hydrogens is 388 g/mol. The van der Waals surface area contributed by atoms with E-state index in [-0.39, 0.29) is 16.4 Å². The van der Waals surface area contributed by atoms with Crippen LogP contribution in [0.25, 0.3) is 0 Å². The predicted molar refractivity (Wildman–Crippen MR) is 70.6 cm³/mol. The third-order valence-electron chi connectivity index (χ3n) is 2.53. The minimum absolute atomic E-state index is 0.0186. The second-order valence-electron chi connectivity index (χ2n) is 4.21. The van der Waals surface area contributed by atoms with Gasteiger partial charge in [-0.05, 0) is 18.2 Å². The zero-order valence-corrected chi connectivity index (χ0v) is 12.6. The Hall–Kier alpha value is -2.01. The second kappa shape index (κ2) is 6.13. The van der Waals surface area contributed by atoms with Gasteiger partial charge in [-0.3, -0.25) is 0 Å². The molecule has 2 rings (SSSR count). The molecule has 0 saturated carbocycles. The van der Waals surface area contributed by atoms with Gasteiger partial charge in [0.1, 0.15) is 10.6 Å². The lowest BCUT2D eigenvalue weighted by molar-refractivity contribution is -0.141. The Labute approximate surface area is 138 Å². The van der Waals surface area contributed by atoms with Gasteiger partial charge in [-0.15, -0.1) is 0 Å². The largest absolute Gasteiger partial charge is 0.477 e. The van der Waals surface area contributed by atoms with E-state index in [1.54, 1.807) is 0 Å². The molecule has 0 aliphatic heterocycles. The van der Waals surface area contributed by atoms with Crippen molar-refractivity contribution in [3.05, 3.63) is 39.4 Å². The van der Waals surface area contributed by atoms with Gasteiger partial charge in [0.2, 0.25) is 0 Å². The van der Waals surface area contributed by atoms with E-state index < -0.39 is 45.4 Å². The highest BCUT2D eigenvalue weighted by molar-refractivity contribution is 7.15. The monoisotopic (exact) mass is 391 g/mol. The highest BCUT2D eigenvalue weighted by Gasteiger charge is 2.40. The van der Waals surface area contributed by atoms with Gasteiger partial charge in [-0.2, -0.15) is 31.3 Å². The molecule has 1 aromatic heterocycles. The van der Waals surface area contributed by atoms with Crippen molar-refractivity contribution in [3.63, 3.8) is 0 Å². The first-order valence-electron chi connectivity index (χ1n) is 5.75. The highest BCUT2D eigenvalue weighted by Crippen LogP contribution is 2.41. The quantitative estimate of drug-likeness (QED) is 0.719. The number of alkyl halides is 6. The first-order chi connectivity index (χ1) is 10.9. The molecule has 0 fully saturated rings. The first-order valence-corrected chi connectivity index (χ1v) is 6.95. The van der Waals surface area contributed by atoms with E-state index in [4.69, 9.17) is 21.4 Å². The maximum atomic E-state index is 12.7. The summed E-state index contributed by atoms with van der Waals surface area (Å²) in [6, 6.07) is 1.97. The molecule has 0 aliphatic carbocycles. The summed E-state index contributed by atoms with van der Waals surface area (Å²) >= 11 is 5.66. The van der Waals surface area contributed by atoms with Crippen molar-refractivity contribution < 1.29 is 41.0 Å². The lowest BCUT2D eigenvalue weighted by Gasteiger charge is -2.10. The molecule has 24 heavy (non-hydrogen) atoms.